The lowest BCUT2D eigenvalue weighted by molar-refractivity contribution is 0.454. The van der Waals surface area contributed by atoms with Crippen LogP contribution in [0.25, 0.3) is 0 Å². The molecule has 0 aromatic carbocycles. The molecule has 0 spiro atoms. The van der Waals surface area contributed by atoms with Crippen LogP contribution in [0.5, 0.6) is 0 Å². The first-order valence-corrected chi connectivity index (χ1v) is 3.94. The molecule has 2 nitrogen and oxygen atoms in total. The SMILES string of the molecule is CCCSc1ncco1. The number of hydrogen-bond acceptors (Lipinski definition) is 3. The standard InChI is InChI=1S/C6H9NOS/c1-2-5-9-6-7-3-4-8-6/h3-4H,2,5H2,1H3. The lowest BCUT2D eigenvalue weighted by Crippen LogP contribution is -1.73. The molecule has 0 fully saturated rings. The molecule has 1 heterocycles. The first kappa shape index (κ1) is 6.68. The average Bonchev–Trinajstić information content (AvgIpc) is 2.34. The number of oxazole rings is 1. The second kappa shape index (κ2) is 3.56. The molecule has 0 N–H and O–H groups in total. The summed E-state index contributed by atoms with van der Waals surface area (Å²) in [6.45, 7) is 2.13. The van der Waals surface area contributed by atoms with Crippen LogP contribution in [0.4, 0.5) is 0 Å². The van der Waals surface area contributed by atoms with Gasteiger partial charge in [-0.15, -0.1) is 0 Å². The van der Waals surface area contributed by atoms with E-state index in [2.05, 4.69) is 11.9 Å². The molecular weight excluding hydrogens is 134 g/mol. The van der Waals surface area contributed by atoms with Crippen LogP contribution in [-0.2, 0) is 0 Å². The van der Waals surface area contributed by atoms with Crippen LogP contribution in [0.15, 0.2) is 22.1 Å². The predicted molar refractivity (Wildman–Crippen MR) is 37.5 cm³/mol. The molecule has 0 unspecified atom stereocenters. The molecule has 0 amide bonds. The summed E-state index contributed by atoms with van der Waals surface area (Å²) in [5, 5.41) is 0.775. The third kappa shape index (κ3) is 2.10. The van der Waals surface area contributed by atoms with Crippen LogP contribution in [0, 0.1) is 0 Å². The van der Waals surface area contributed by atoms with E-state index in [4.69, 9.17) is 4.42 Å². The van der Waals surface area contributed by atoms with Crippen molar-refractivity contribution in [1.82, 2.24) is 4.98 Å². The van der Waals surface area contributed by atoms with E-state index in [1.54, 1.807) is 24.2 Å². The van der Waals surface area contributed by atoms with Gasteiger partial charge >= 0.3 is 0 Å². The van der Waals surface area contributed by atoms with Gasteiger partial charge in [0.2, 0.25) is 0 Å². The predicted octanol–water partition coefficient (Wildman–Crippen LogP) is 2.18. The Morgan fingerprint density at radius 2 is 2.67 bits per heavy atom. The average molecular weight is 143 g/mol. The van der Waals surface area contributed by atoms with Gasteiger partial charge in [-0.05, 0) is 6.42 Å². The van der Waals surface area contributed by atoms with Crippen molar-refractivity contribution in [2.75, 3.05) is 5.75 Å². The summed E-state index contributed by atoms with van der Waals surface area (Å²) in [5.74, 6) is 1.08. The largest absolute Gasteiger partial charge is 0.440 e. The summed E-state index contributed by atoms with van der Waals surface area (Å²) in [7, 11) is 0. The summed E-state index contributed by atoms with van der Waals surface area (Å²) < 4.78 is 4.99. The van der Waals surface area contributed by atoms with Gasteiger partial charge < -0.3 is 4.42 Å². The van der Waals surface area contributed by atoms with Crippen molar-refractivity contribution in [2.24, 2.45) is 0 Å². The quantitative estimate of drug-likeness (QED) is 0.606. The number of nitrogens with zero attached hydrogens (tertiary/aromatic N) is 1. The first-order valence-electron chi connectivity index (χ1n) is 2.95. The monoisotopic (exact) mass is 143 g/mol. The lowest BCUT2D eigenvalue weighted by atomic mass is 10.6. The second-order valence-corrected chi connectivity index (χ2v) is 2.69. The molecule has 0 radical (unpaired) electrons. The fraction of sp³-hybridized carbons (Fsp3) is 0.500. The zero-order valence-corrected chi connectivity index (χ0v) is 6.15. The molecule has 0 saturated heterocycles. The van der Waals surface area contributed by atoms with Crippen LogP contribution >= 0.6 is 11.8 Å². The first-order chi connectivity index (χ1) is 4.43. The maximum atomic E-state index is 4.99. The molecule has 0 saturated carbocycles. The molecule has 50 valence electrons. The van der Waals surface area contributed by atoms with E-state index in [1.165, 1.54) is 0 Å². The molecule has 9 heavy (non-hydrogen) atoms. The van der Waals surface area contributed by atoms with Gasteiger partial charge in [0.15, 0.2) is 0 Å². The smallest absolute Gasteiger partial charge is 0.255 e. The van der Waals surface area contributed by atoms with Crippen molar-refractivity contribution in [2.45, 2.75) is 18.6 Å². The Morgan fingerprint density at radius 1 is 1.78 bits per heavy atom. The lowest BCUT2D eigenvalue weighted by Gasteiger charge is -1.88. The van der Waals surface area contributed by atoms with E-state index in [9.17, 15) is 0 Å². The van der Waals surface area contributed by atoms with Crippen LogP contribution in [0.2, 0.25) is 0 Å². The van der Waals surface area contributed by atoms with Gasteiger partial charge in [0, 0.05) is 5.75 Å². The van der Waals surface area contributed by atoms with Gasteiger partial charge in [-0.1, -0.05) is 18.7 Å². The van der Waals surface area contributed by atoms with Crippen LogP contribution in [-0.4, -0.2) is 10.7 Å². The highest BCUT2D eigenvalue weighted by atomic mass is 32.2. The van der Waals surface area contributed by atoms with E-state index in [-0.39, 0.29) is 0 Å². The molecule has 1 aromatic rings. The minimum absolute atomic E-state index is 0.775. The van der Waals surface area contributed by atoms with Crippen molar-refractivity contribution in [3.05, 3.63) is 12.5 Å². The highest BCUT2D eigenvalue weighted by molar-refractivity contribution is 7.99. The van der Waals surface area contributed by atoms with Gasteiger partial charge in [0.05, 0.1) is 6.20 Å². The van der Waals surface area contributed by atoms with Crippen LogP contribution in [0.3, 0.4) is 0 Å². The van der Waals surface area contributed by atoms with Crippen molar-refractivity contribution < 1.29 is 4.42 Å². The molecular formula is C6H9NOS. The number of aromatic nitrogens is 1. The number of thioether (sulfide) groups is 1. The molecule has 1 rings (SSSR count). The Labute approximate surface area is 58.7 Å². The van der Waals surface area contributed by atoms with E-state index in [0.717, 1.165) is 17.4 Å². The van der Waals surface area contributed by atoms with Gasteiger partial charge in [0.1, 0.15) is 6.26 Å². The molecule has 1 aromatic heterocycles. The minimum Gasteiger partial charge on any atom is -0.440 e. The van der Waals surface area contributed by atoms with E-state index >= 15 is 0 Å². The summed E-state index contributed by atoms with van der Waals surface area (Å²) >= 11 is 1.65. The third-order valence-corrected chi connectivity index (χ3v) is 1.90. The maximum Gasteiger partial charge on any atom is 0.255 e. The topological polar surface area (TPSA) is 26.0 Å². The van der Waals surface area contributed by atoms with Crippen LogP contribution < -0.4 is 0 Å². The van der Waals surface area contributed by atoms with Crippen molar-refractivity contribution in [3.63, 3.8) is 0 Å². The molecule has 0 bridgehead atoms. The van der Waals surface area contributed by atoms with Crippen molar-refractivity contribution in [1.29, 1.82) is 0 Å². The van der Waals surface area contributed by atoms with Gasteiger partial charge in [0.25, 0.3) is 5.22 Å². The second-order valence-electron chi connectivity index (χ2n) is 1.65. The Kier molecular flexibility index (Phi) is 2.64. The van der Waals surface area contributed by atoms with Gasteiger partial charge in [-0.25, -0.2) is 4.98 Å². The summed E-state index contributed by atoms with van der Waals surface area (Å²) in [6, 6.07) is 0. The summed E-state index contributed by atoms with van der Waals surface area (Å²) in [5.41, 5.74) is 0. The molecule has 0 aliphatic rings. The van der Waals surface area contributed by atoms with Crippen LogP contribution in [0.1, 0.15) is 13.3 Å². The molecule has 0 aliphatic carbocycles. The highest BCUT2D eigenvalue weighted by Gasteiger charge is 1.93. The fourth-order valence-electron chi connectivity index (χ4n) is 0.471. The maximum absolute atomic E-state index is 4.99. The Morgan fingerprint density at radius 3 is 3.22 bits per heavy atom. The molecule has 0 atom stereocenters. The molecule has 3 heteroatoms. The Balaban J connectivity index is 2.30. The zero-order valence-electron chi connectivity index (χ0n) is 5.33. The zero-order chi connectivity index (χ0) is 6.53. The fourth-order valence-corrected chi connectivity index (χ4v) is 1.11. The van der Waals surface area contributed by atoms with Gasteiger partial charge in [-0.3, -0.25) is 0 Å². The van der Waals surface area contributed by atoms with Crippen molar-refractivity contribution in [3.8, 4) is 0 Å². The summed E-state index contributed by atoms with van der Waals surface area (Å²) in [6.07, 6.45) is 4.42. The van der Waals surface area contributed by atoms with E-state index in [0.29, 0.717) is 0 Å². The van der Waals surface area contributed by atoms with E-state index in [1.807, 2.05) is 0 Å². The highest BCUT2D eigenvalue weighted by Crippen LogP contribution is 2.14. The molecule has 0 aliphatic heterocycles. The minimum atomic E-state index is 0.775. The number of hydrogen-bond donors (Lipinski definition) is 0. The van der Waals surface area contributed by atoms with E-state index < -0.39 is 0 Å². The van der Waals surface area contributed by atoms with Gasteiger partial charge in [-0.2, -0.15) is 0 Å². The Hall–Kier alpha value is -0.440. The normalized spacial score (nSPS) is 9.89. The summed E-state index contributed by atoms with van der Waals surface area (Å²) in [4.78, 5) is 3.95. The van der Waals surface area contributed by atoms with Crippen molar-refractivity contribution >= 4 is 11.8 Å². The number of rotatable bonds is 3. The third-order valence-electron chi connectivity index (χ3n) is 0.839. The Bertz CT molecular complexity index is 150.